The molecular weight excluding hydrogens is 319 g/mol. The van der Waals surface area contributed by atoms with Crippen molar-refractivity contribution in [1.29, 1.82) is 0 Å². The maximum atomic E-state index is 12.6. The number of aromatic nitrogens is 2. The molecule has 0 spiro atoms. The number of hydrogen-bond acceptors (Lipinski definition) is 5. The third-order valence-corrected chi connectivity index (χ3v) is 4.79. The second-order valence-corrected chi connectivity index (χ2v) is 6.66. The third-order valence-electron chi connectivity index (χ3n) is 4.79. The molecule has 2 saturated heterocycles. The van der Waals surface area contributed by atoms with Crippen molar-refractivity contribution >= 4 is 11.6 Å². The molecule has 1 aromatic heterocycles. The topological polar surface area (TPSA) is 35.5 Å². The predicted molar refractivity (Wildman–Crippen MR) is 87.4 cm³/mol. The van der Waals surface area contributed by atoms with E-state index in [9.17, 15) is 13.2 Å². The fourth-order valence-electron chi connectivity index (χ4n) is 3.47. The van der Waals surface area contributed by atoms with E-state index >= 15 is 0 Å². The van der Waals surface area contributed by atoms with Gasteiger partial charge < -0.3 is 9.80 Å². The molecule has 8 heteroatoms. The van der Waals surface area contributed by atoms with E-state index in [2.05, 4.69) is 19.8 Å². The molecule has 2 fully saturated rings. The molecule has 0 bridgehead atoms. The molecule has 0 radical (unpaired) electrons. The predicted octanol–water partition coefficient (Wildman–Crippen LogP) is 2.54. The zero-order valence-electron chi connectivity index (χ0n) is 14.0. The highest BCUT2D eigenvalue weighted by atomic mass is 19.4. The number of nitrogens with zero attached hydrogens (tertiary/aromatic N) is 5. The van der Waals surface area contributed by atoms with Gasteiger partial charge in [0.1, 0.15) is 18.0 Å². The molecule has 2 aliphatic heterocycles. The van der Waals surface area contributed by atoms with E-state index in [1.54, 1.807) is 6.33 Å². The number of piperazine rings is 1. The lowest BCUT2D eigenvalue weighted by Crippen LogP contribution is -2.54. The van der Waals surface area contributed by atoms with Gasteiger partial charge in [0.15, 0.2) is 0 Å². The van der Waals surface area contributed by atoms with E-state index in [0.29, 0.717) is 19.6 Å². The van der Waals surface area contributed by atoms with E-state index in [4.69, 9.17) is 0 Å². The highest BCUT2D eigenvalue weighted by Gasteiger charge is 2.35. The van der Waals surface area contributed by atoms with Gasteiger partial charge in [-0.3, -0.25) is 4.90 Å². The van der Waals surface area contributed by atoms with Crippen LogP contribution in [0.2, 0.25) is 0 Å². The summed E-state index contributed by atoms with van der Waals surface area (Å²) in [6.45, 7) is 4.50. The molecule has 0 aromatic carbocycles. The lowest BCUT2D eigenvalue weighted by molar-refractivity contribution is -0.150. The summed E-state index contributed by atoms with van der Waals surface area (Å²) < 4.78 is 37.8. The molecule has 0 amide bonds. The summed E-state index contributed by atoms with van der Waals surface area (Å²) in [5.74, 6) is 1.73. The van der Waals surface area contributed by atoms with Crippen molar-refractivity contribution in [2.24, 2.45) is 0 Å². The molecule has 0 N–H and O–H groups in total. The zero-order valence-corrected chi connectivity index (χ0v) is 14.0. The summed E-state index contributed by atoms with van der Waals surface area (Å²) in [4.78, 5) is 14.5. The Hall–Kier alpha value is -1.57. The van der Waals surface area contributed by atoms with E-state index in [0.717, 1.165) is 24.7 Å². The van der Waals surface area contributed by atoms with Gasteiger partial charge in [0.2, 0.25) is 0 Å². The quantitative estimate of drug-likeness (QED) is 0.843. The fourth-order valence-corrected chi connectivity index (χ4v) is 3.47. The molecule has 134 valence electrons. The highest BCUT2D eigenvalue weighted by Crippen LogP contribution is 2.25. The Balaban J connectivity index is 1.65. The SMILES string of the molecule is CC1CN(c2cc(N3CCCCC3)ncn2)CCN1CC(F)(F)F. The Morgan fingerprint density at radius 3 is 2.29 bits per heavy atom. The Kier molecular flexibility index (Phi) is 5.12. The van der Waals surface area contributed by atoms with Gasteiger partial charge in [-0.1, -0.05) is 0 Å². The summed E-state index contributed by atoms with van der Waals surface area (Å²) >= 11 is 0. The molecule has 0 aliphatic carbocycles. The average Bonchev–Trinajstić information content (AvgIpc) is 2.56. The second-order valence-electron chi connectivity index (χ2n) is 6.66. The van der Waals surface area contributed by atoms with Crippen molar-refractivity contribution < 1.29 is 13.2 Å². The van der Waals surface area contributed by atoms with Gasteiger partial charge in [-0.05, 0) is 26.2 Å². The van der Waals surface area contributed by atoms with Crippen molar-refractivity contribution in [3.8, 4) is 0 Å². The van der Waals surface area contributed by atoms with E-state index < -0.39 is 12.7 Å². The van der Waals surface area contributed by atoms with Crippen LogP contribution in [-0.2, 0) is 0 Å². The first-order valence-electron chi connectivity index (χ1n) is 8.55. The summed E-state index contributed by atoms with van der Waals surface area (Å²) in [6, 6.07) is 1.81. The summed E-state index contributed by atoms with van der Waals surface area (Å²) in [5, 5.41) is 0. The van der Waals surface area contributed by atoms with E-state index in [-0.39, 0.29) is 6.04 Å². The van der Waals surface area contributed by atoms with Crippen LogP contribution in [-0.4, -0.2) is 66.4 Å². The van der Waals surface area contributed by atoms with Crippen LogP contribution in [0.1, 0.15) is 26.2 Å². The standard InChI is InChI=1S/C16H24F3N5/c1-13-10-23(7-8-24(13)11-16(17,18)19)15-9-14(20-12-21-15)22-5-3-2-4-6-22/h9,12-13H,2-8,10-11H2,1H3. The minimum atomic E-state index is -4.15. The van der Waals surface area contributed by atoms with Crippen LogP contribution in [0.4, 0.5) is 24.8 Å². The monoisotopic (exact) mass is 343 g/mol. The Morgan fingerprint density at radius 2 is 1.67 bits per heavy atom. The maximum Gasteiger partial charge on any atom is 0.401 e. The number of hydrogen-bond donors (Lipinski definition) is 0. The van der Waals surface area contributed by atoms with E-state index in [1.807, 2.05) is 13.0 Å². The zero-order chi connectivity index (χ0) is 17.2. The van der Waals surface area contributed by atoms with Crippen molar-refractivity contribution in [3.05, 3.63) is 12.4 Å². The van der Waals surface area contributed by atoms with Crippen molar-refractivity contribution in [1.82, 2.24) is 14.9 Å². The van der Waals surface area contributed by atoms with Gasteiger partial charge >= 0.3 is 6.18 Å². The number of halogens is 3. The Labute approximate surface area is 140 Å². The molecule has 0 saturated carbocycles. The van der Waals surface area contributed by atoms with Gasteiger partial charge in [-0.25, -0.2) is 9.97 Å². The Morgan fingerprint density at radius 1 is 1.00 bits per heavy atom. The molecule has 1 aromatic rings. The summed E-state index contributed by atoms with van der Waals surface area (Å²) in [6.07, 6.45) is 1.02. The van der Waals surface area contributed by atoms with Crippen molar-refractivity contribution in [3.63, 3.8) is 0 Å². The van der Waals surface area contributed by atoms with Gasteiger partial charge in [0, 0.05) is 44.8 Å². The first kappa shape index (κ1) is 17.3. The van der Waals surface area contributed by atoms with Crippen LogP contribution < -0.4 is 9.80 Å². The van der Waals surface area contributed by atoms with Crippen molar-refractivity contribution in [2.75, 3.05) is 49.1 Å². The summed E-state index contributed by atoms with van der Waals surface area (Å²) in [5.41, 5.74) is 0. The minimum Gasteiger partial charge on any atom is -0.356 e. The minimum absolute atomic E-state index is 0.159. The number of anilines is 2. The van der Waals surface area contributed by atoms with Gasteiger partial charge in [0.05, 0.1) is 6.54 Å². The number of alkyl halides is 3. The van der Waals surface area contributed by atoms with Crippen LogP contribution in [0, 0.1) is 0 Å². The molecule has 3 heterocycles. The van der Waals surface area contributed by atoms with Crippen LogP contribution in [0.15, 0.2) is 12.4 Å². The first-order valence-corrected chi connectivity index (χ1v) is 8.55. The maximum absolute atomic E-state index is 12.6. The smallest absolute Gasteiger partial charge is 0.356 e. The van der Waals surface area contributed by atoms with Crippen LogP contribution in [0.3, 0.4) is 0 Å². The lowest BCUT2D eigenvalue weighted by atomic mass is 10.1. The fraction of sp³-hybridized carbons (Fsp3) is 0.750. The lowest BCUT2D eigenvalue weighted by Gasteiger charge is -2.40. The normalized spacial score (nSPS) is 23.6. The number of piperidine rings is 1. The molecule has 24 heavy (non-hydrogen) atoms. The summed E-state index contributed by atoms with van der Waals surface area (Å²) in [7, 11) is 0. The molecule has 3 rings (SSSR count). The highest BCUT2D eigenvalue weighted by molar-refractivity contribution is 5.50. The molecule has 2 aliphatic rings. The van der Waals surface area contributed by atoms with Crippen molar-refractivity contribution in [2.45, 2.75) is 38.4 Å². The third kappa shape index (κ3) is 4.28. The largest absolute Gasteiger partial charge is 0.401 e. The van der Waals surface area contributed by atoms with Crippen LogP contribution in [0.5, 0.6) is 0 Å². The first-order chi connectivity index (χ1) is 11.4. The second kappa shape index (κ2) is 7.13. The van der Waals surface area contributed by atoms with Gasteiger partial charge in [-0.2, -0.15) is 13.2 Å². The van der Waals surface area contributed by atoms with Gasteiger partial charge in [-0.15, -0.1) is 0 Å². The molecular formula is C16H24F3N5. The molecule has 1 atom stereocenters. The average molecular weight is 343 g/mol. The number of rotatable bonds is 3. The van der Waals surface area contributed by atoms with Gasteiger partial charge in [0.25, 0.3) is 0 Å². The molecule has 5 nitrogen and oxygen atoms in total. The molecule has 1 unspecified atom stereocenters. The van der Waals surface area contributed by atoms with Crippen LogP contribution >= 0.6 is 0 Å². The Bertz CT molecular complexity index is 545. The van der Waals surface area contributed by atoms with Crippen LogP contribution in [0.25, 0.3) is 0 Å². The van der Waals surface area contributed by atoms with E-state index in [1.165, 1.54) is 24.2 Å².